The summed E-state index contributed by atoms with van der Waals surface area (Å²) in [4.78, 5) is 15.0. The average molecular weight is 476 g/mol. The lowest BCUT2D eigenvalue weighted by Crippen LogP contribution is -2.53. The highest BCUT2D eigenvalue weighted by Crippen LogP contribution is 2.38. The monoisotopic (exact) mass is 475 g/mol. The summed E-state index contributed by atoms with van der Waals surface area (Å²) in [5.41, 5.74) is 2.36. The Hall–Kier alpha value is -2.78. The number of fused-ring (bicyclic) bond motifs is 1. The molecule has 2 aromatic rings. The third kappa shape index (κ3) is 5.78. The van der Waals surface area contributed by atoms with E-state index in [0.717, 1.165) is 16.7 Å². The van der Waals surface area contributed by atoms with Gasteiger partial charge < -0.3 is 19.7 Å². The Morgan fingerprint density at radius 3 is 2.27 bits per heavy atom. The third-order valence-electron chi connectivity index (χ3n) is 5.54. The van der Waals surface area contributed by atoms with Crippen LogP contribution >= 0.6 is 0 Å². The number of rotatable bonds is 6. The smallest absolute Gasteiger partial charge is 0.318 e. The van der Waals surface area contributed by atoms with Crippen LogP contribution in [0, 0.1) is 6.92 Å². The molecular weight excluding hydrogens is 442 g/mol. The molecule has 9 heteroatoms. The highest BCUT2D eigenvalue weighted by atomic mass is 32.2. The van der Waals surface area contributed by atoms with Crippen LogP contribution in [0.1, 0.15) is 43.5 Å². The lowest BCUT2D eigenvalue weighted by molar-refractivity contribution is 0.161. The maximum Gasteiger partial charge on any atom is 0.318 e. The van der Waals surface area contributed by atoms with Gasteiger partial charge in [0, 0.05) is 18.6 Å². The van der Waals surface area contributed by atoms with Crippen molar-refractivity contribution in [3.8, 4) is 11.5 Å². The molecule has 0 saturated carbocycles. The molecule has 0 radical (unpaired) electrons. The van der Waals surface area contributed by atoms with Crippen molar-refractivity contribution >= 4 is 16.1 Å². The number of nitrogens with one attached hydrogen (secondary N) is 2. The first kappa shape index (κ1) is 24.9. The first-order valence-electron chi connectivity index (χ1n) is 10.8. The fourth-order valence-electron chi connectivity index (χ4n) is 3.87. The minimum absolute atomic E-state index is 0.0241. The molecule has 0 fully saturated rings. The van der Waals surface area contributed by atoms with Crippen molar-refractivity contribution in [1.29, 1.82) is 0 Å². The number of hydrogen-bond acceptors (Lipinski definition) is 5. The van der Waals surface area contributed by atoms with Crippen LogP contribution in [0.4, 0.5) is 4.79 Å². The molecule has 2 amide bonds. The van der Waals surface area contributed by atoms with Gasteiger partial charge in [0.2, 0.25) is 10.0 Å². The van der Waals surface area contributed by atoms with Gasteiger partial charge in [0.1, 0.15) is 0 Å². The standard InChI is InChI=1S/C24H33N3O5S/c1-16-7-9-18(10-8-16)33(29,30)25-15-20-19-14-22(32-6)21(31-5)13-17(19)11-12-27(20)23(28)26-24(2,3)4/h7-10,13-14,20,25H,11-12,15H2,1-6H3,(H,26,28)/t20-/m0/s1. The molecule has 1 heterocycles. The fourth-order valence-corrected chi connectivity index (χ4v) is 4.91. The Kier molecular flexibility index (Phi) is 7.23. The predicted octanol–water partition coefficient (Wildman–Crippen LogP) is 3.40. The summed E-state index contributed by atoms with van der Waals surface area (Å²) in [6, 6.07) is 9.62. The van der Waals surface area contributed by atoms with E-state index in [4.69, 9.17) is 9.47 Å². The van der Waals surface area contributed by atoms with Crippen molar-refractivity contribution in [2.75, 3.05) is 27.3 Å². The molecular formula is C24H33N3O5S. The van der Waals surface area contributed by atoms with Gasteiger partial charge in [-0.2, -0.15) is 0 Å². The number of hydrogen-bond donors (Lipinski definition) is 2. The molecule has 0 spiro atoms. The van der Waals surface area contributed by atoms with Crippen LogP contribution in [0.25, 0.3) is 0 Å². The number of urea groups is 1. The van der Waals surface area contributed by atoms with E-state index >= 15 is 0 Å². The van der Waals surface area contributed by atoms with Gasteiger partial charge in [0.15, 0.2) is 11.5 Å². The Morgan fingerprint density at radius 2 is 1.70 bits per heavy atom. The van der Waals surface area contributed by atoms with E-state index in [9.17, 15) is 13.2 Å². The Morgan fingerprint density at radius 1 is 1.09 bits per heavy atom. The second kappa shape index (κ2) is 9.61. The Labute approximate surface area is 196 Å². The summed E-state index contributed by atoms with van der Waals surface area (Å²) in [6.45, 7) is 8.09. The van der Waals surface area contributed by atoms with E-state index in [2.05, 4.69) is 10.0 Å². The van der Waals surface area contributed by atoms with Gasteiger partial charge >= 0.3 is 6.03 Å². The lowest BCUT2D eigenvalue weighted by atomic mass is 9.92. The zero-order valence-electron chi connectivity index (χ0n) is 20.1. The largest absolute Gasteiger partial charge is 0.493 e. The van der Waals surface area contributed by atoms with Crippen LogP contribution in [-0.4, -0.2) is 52.2 Å². The second-order valence-electron chi connectivity index (χ2n) is 9.21. The van der Waals surface area contributed by atoms with Gasteiger partial charge in [0.05, 0.1) is 25.2 Å². The first-order chi connectivity index (χ1) is 15.4. The summed E-state index contributed by atoms with van der Waals surface area (Å²) in [5.74, 6) is 1.13. The molecule has 1 aliphatic rings. The van der Waals surface area contributed by atoms with Crippen molar-refractivity contribution in [3.63, 3.8) is 0 Å². The van der Waals surface area contributed by atoms with Crippen LogP contribution in [0.5, 0.6) is 11.5 Å². The Bertz CT molecular complexity index is 1110. The SMILES string of the molecule is COc1cc2c(cc1OC)[C@H](CNS(=O)(=O)c1ccc(C)cc1)N(C(=O)NC(C)(C)C)CC2. The summed E-state index contributed by atoms with van der Waals surface area (Å²) in [5, 5.41) is 2.99. The zero-order chi connectivity index (χ0) is 24.4. The van der Waals surface area contributed by atoms with E-state index in [-0.39, 0.29) is 17.5 Å². The number of aryl methyl sites for hydroxylation is 1. The topological polar surface area (TPSA) is 97.0 Å². The first-order valence-corrected chi connectivity index (χ1v) is 12.3. The molecule has 3 rings (SSSR count). The number of carbonyl (C=O) groups excluding carboxylic acids is 1. The normalized spacial score (nSPS) is 16.2. The van der Waals surface area contributed by atoms with E-state index in [1.165, 1.54) is 0 Å². The Balaban J connectivity index is 1.97. The molecule has 33 heavy (non-hydrogen) atoms. The van der Waals surface area contributed by atoms with Gasteiger partial charge in [-0.1, -0.05) is 17.7 Å². The van der Waals surface area contributed by atoms with Gasteiger partial charge in [-0.15, -0.1) is 0 Å². The van der Waals surface area contributed by atoms with Gasteiger partial charge in [-0.3, -0.25) is 0 Å². The number of benzene rings is 2. The van der Waals surface area contributed by atoms with Crippen LogP contribution in [-0.2, 0) is 16.4 Å². The molecule has 0 aliphatic carbocycles. The van der Waals surface area contributed by atoms with Crippen LogP contribution < -0.4 is 19.5 Å². The zero-order valence-corrected chi connectivity index (χ0v) is 20.9. The van der Waals surface area contributed by atoms with E-state index in [1.807, 2.05) is 39.8 Å². The van der Waals surface area contributed by atoms with Crippen molar-refractivity contribution < 1.29 is 22.7 Å². The summed E-state index contributed by atoms with van der Waals surface area (Å²) < 4.78 is 39.5. The molecule has 1 atom stereocenters. The molecule has 1 aliphatic heterocycles. The number of methoxy groups -OCH3 is 2. The van der Waals surface area contributed by atoms with Crippen molar-refractivity contribution in [2.24, 2.45) is 0 Å². The van der Waals surface area contributed by atoms with Crippen LogP contribution in [0.3, 0.4) is 0 Å². The summed E-state index contributed by atoms with van der Waals surface area (Å²) >= 11 is 0. The fraction of sp³-hybridized carbons (Fsp3) is 0.458. The highest BCUT2D eigenvalue weighted by Gasteiger charge is 2.34. The molecule has 2 N–H and O–H groups in total. The van der Waals surface area contributed by atoms with E-state index < -0.39 is 21.6 Å². The average Bonchev–Trinajstić information content (AvgIpc) is 2.75. The maximum atomic E-state index is 13.1. The molecule has 0 bridgehead atoms. The number of sulfonamides is 1. The van der Waals surface area contributed by atoms with Crippen molar-refractivity contribution in [1.82, 2.24) is 14.9 Å². The maximum absolute atomic E-state index is 13.1. The quantitative estimate of drug-likeness (QED) is 0.668. The number of ether oxygens (including phenoxy) is 2. The minimum Gasteiger partial charge on any atom is -0.493 e. The third-order valence-corrected chi connectivity index (χ3v) is 6.98. The second-order valence-corrected chi connectivity index (χ2v) is 11.0. The highest BCUT2D eigenvalue weighted by molar-refractivity contribution is 7.89. The number of nitrogens with zero attached hydrogens (tertiary/aromatic N) is 1. The van der Waals surface area contributed by atoms with Gasteiger partial charge in [-0.05, 0) is 69.5 Å². The van der Waals surface area contributed by atoms with Crippen molar-refractivity contribution in [2.45, 2.75) is 50.6 Å². The molecule has 2 aromatic carbocycles. The molecule has 0 saturated heterocycles. The van der Waals surface area contributed by atoms with E-state index in [1.54, 1.807) is 43.4 Å². The molecule has 0 aromatic heterocycles. The molecule has 8 nitrogen and oxygen atoms in total. The summed E-state index contributed by atoms with van der Waals surface area (Å²) in [6.07, 6.45) is 0.620. The number of carbonyl (C=O) groups is 1. The molecule has 180 valence electrons. The minimum atomic E-state index is -3.76. The van der Waals surface area contributed by atoms with Gasteiger partial charge in [0.25, 0.3) is 0 Å². The number of amides is 2. The molecule has 0 unspecified atom stereocenters. The van der Waals surface area contributed by atoms with Crippen LogP contribution in [0.2, 0.25) is 0 Å². The van der Waals surface area contributed by atoms with Gasteiger partial charge in [-0.25, -0.2) is 17.9 Å². The van der Waals surface area contributed by atoms with Crippen LogP contribution in [0.15, 0.2) is 41.3 Å². The van der Waals surface area contributed by atoms with Crippen molar-refractivity contribution in [3.05, 3.63) is 53.1 Å². The van der Waals surface area contributed by atoms with E-state index in [0.29, 0.717) is 24.5 Å². The predicted molar refractivity (Wildman–Crippen MR) is 127 cm³/mol. The summed E-state index contributed by atoms with van der Waals surface area (Å²) in [7, 11) is -0.635. The lowest BCUT2D eigenvalue weighted by Gasteiger charge is -2.39.